The highest BCUT2D eigenvalue weighted by Gasteiger charge is 2.13. The lowest BCUT2D eigenvalue weighted by molar-refractivity contribution is -0.116. The summed E-state index contributed by atoms with van der Waals surface area (Å²) >= 11 is 0. The molecule has 0 radical (unpaired) electrons. The number of nitrogens with zero attached hydrogens (tertiary/aromatic N) is 2. The van der Waals surface area contributed by atoms with E-state index in [0.29, 0.717) is 6.42 Å². The average molecular weight is 246 g/mol. The standard InChI is InChI=1S/C15H22N2O/c1-13(18)3-4-14-5-7-15(8-6-14)17-11-9-16(2)10-12-17/h5-8H,3-4,9-12H2,1-2H3. The van der Waals surface area contributed by atoms with Gasteiger partial charge < -0.3 is 14.6 Å². The first-order chi connectivity index (χ1) is 8.65. The van der Waals surface area contributed by atoms with Gasteiger partial charge in [0, 0.05) is 38.3 Å². The van der Waals surface area contributed by atoms with Crippen molar-refractivity contribution in [3.8, 4) is 0 Å². The average Bonchev–Trinajstić information content (AvgIpc) is 2.38. The van der Waals surface area contributed by atoms with Crippen LogP contribution in [0.25, 0.3) is 0 Å². The van der Waals surface area contributed by atoms with Crippen LogP contribution in [-0.2, 0) is 11.2 Å². The highest BCUT2D eigenvalue weighted by atomic mass is 16.1. The molecule has 1 fully saturated rings. The maximum atomic E-state index is 10.9. The van der Waals surface area contributed by atoms with Crippen molar-refractivity contribution >= 4 is 11.5 Å². The summed E-state index contributed by atoms with van der Waals surface area (Å²) < 4.78 is 0. The zero-order chi connectivity index (χ0) is 13.0. The summed E-state index contributed by atoms with van der Waals surface area (Å²) in [6.07, 6.45) is 1.51. The minimum Gasteiger partial charge on any atom is -0.369 e. The summed E-state index contributed by atoms with van der Waals surface area (Å²) in [4.78, 5) is 15.7. The molecule has 0 saturated carbocycles. The molecular weight excluding hydrogens is 224 g/mol. The maximum Gasteiger partial charge on any atom is 0.130 e. The number of carbonyl (C=O) groups excluding carboxylic acids is 1. The SMILES string of the molecule is CC(=O)CCc1ccc(N2CCN(C)CC2)cc1. The Labute approximate surface area is 109 Å². The molecule has 1 aliphatic rings. The summed E-state index contributed by atoms with van der Waals surface area (Å²) in [5, 5.41) is 0. The minimum absolute atomic E-state index is 0.262. The number of Topliss-reactive ketones (excluding diaryl/α,β-unsaturated/α-hetero) is 1. The molecule has 0 aromatic heterocycles. The molecule has 0 spiro atoms. The molecule has 1 aromatic rings. The molecule has 2 rings (SSSR count). The third-order valence-corrected chi connectivity index (χ3v) is 3.57. The van der Waals surface area contributed by atoms with Crippen LogP contribution < -0.4 is 4.90 Å². The number of ketones is 1. The van der Waals surface area contributed by atoms with Crippen LogP contribution in [0.2, 0.25) is 0 Å². The maximum absolute atomic E-state index is 10.9. The summed E-state index contributed by atoms with van der Waals surface area (Å²) in [6.45, 7) is 6.11. The van der Waals surface area contributed by atoms with Gasteiger partial charge in [-0.25, -0.2) is 0 Å². The summed E-state index contributed by atoms with van der Waals surface area (Å²) in [7, 11) is 2.17. The van der Waals surface area contributed by atoms with Crippen LogP contribution in [0.5, 0.6) is 0 Å². The second-order valence-electron chi connectivity index (χ2n) is 5.16. The fourth-order valence-corrected chi connectivity index (χ4v) is 2.26. The predicted octanol–water partition coefficient (Wildman–Crippen LogP) is 1.96. The third kappa shape index (κ3) is 3.57. The van der Waals surface area contributed by atoms with E-state index in [1.165, 1.54) is 11.3 Å². The highest BCUT2D eigenvalue weighted by Crippen LogP contribution is 2.17. The van der Waals surface area contributed by atoms with Gasteiger partial charge >= 0.3 is 0 Å². The molecule has 0 N–H and O–H groups in total. The van der Waals surface area contributed by atoms with Crippen LogP contribution in [-0.4, -0.2) is 43.9 Å². The Morgan fingerprint density at radius 3 is 2.28 bits per heavy atom. The van der Waals surface area contributed by atoms with Gasteiger partial charge in [0.25, 0.3) is 0 Å². The van der Waals surface area contributed by atoms with Crippen molar-refractivity contribution in [1.82, 2.24) is 4.90 Å². The van der Waals surface area contributed by atoms with Crippen molar-refractivity contribution in [1.29, 1.82) is 0 Å². The molecule has 18 heavy (non-hydrogen) atoms. The number of hydrogen-bond donors (Lipinski definition) is 0. The third-order valence-electron chi connectivity index (χ3n) is 3.57. The lowest BCUT2D eigenvalue weighted by Crippen LogP contribution is -2.44. The van der Waals surface area contributed by atoms with Gasteiger partial charge in [-0.1, -0.05) is 12.1 Å². The van der Waals surface area contributed by atoms with Crippen LogP contribution in [0.4, 0.5) is 5.69 Å². The number of anilines is 1. The van der Waals surface area contributed by atoms with Gasteiger partial charge in [-0.3, -0.25) is 0 Å². The molecule has 0 aliphatic carbocycles. The number of carbonyl (C=O) groups is 1. The van der Waals surface area contributed by atoms with Gasteiger partial charge in [-0.15, -0.1) is 0 Å². The molecule has 0 amide bonds. The number of piperazine rings is 1. The van der Waals surface area contributed by atoms with Gasteiger partial charge in [-0.05, 0) is 38.1 Å². The number of hydrogen-bond acceptors (Lipinski definition) is 3. The van der Waals surface area contributed by atoms with Crippen molar-refractivity contribution in [2.24, 2.45) is 0 Å². The van der Waals surface area contributed by atoms with E-state index >= 15 is 0 Å². The van der Waals surface area contributed by atoms with Crippen molar-refractivity contribution in [3.05, 3.63) is 29.8 Å². The second kappa shape index (κ2) is 6.01. The van der Waals surface area contributed by atoms with E-state index in [1.807, 2.05) is 0 Å². The number of rotatable bonds is 4. The molecule has 1 aliphatic heterocycles. The summed E-state index contributed by atoms with van der Waals surface area (Å²) in [5.74, 6) is 0.262. The molecule has 1 aromatic carbocycles. The lowest BCUT2D eigenvalue weighted by atomic mass is 10.1. The number of aryl methyl sites for hydroxylation is 1. The van der Waals surface area contributed by atoms with E-state index < -0.39 is 0 Å². The van der Waals surface area contributed by atoms with Gasteiger partial charge in [0.15, 0.2) is 0 Å². The predicted molar refractivity (Wildman–Crippen MR) is 75.2 cm³/mol. The molecule has 1 saturated heterocycles. The normalized spacial score (nSPS) is 16.9. The van der Waals surface area contributed by atoms with E-state index in [9.17, 15) is 4.79 Å². The molecule has 3 heteroatoms. The van der Waals surface area contributed by atoms with E-state index in [2.05, 4.69) is 41.1 Å². The van der Waals surface area contributed by atoms with E-state index in [4.69, 9.17) is 0 Å². The Balaban J connectivity index is 1.93. The Morgan fingerprint density at radius 2 is 1.72 bits per heavy atom. The second-order valence-corrected chi connectivity index (χ2v) is 5.16. The molecule has 3 nitrogen and oxygen atoms in total. The monoisotopic (exact) mass is 246 g/mol. The van der Waals surface area contributed by atoms with Crippen LogP contribution >= 0.6 is 0 Å². The molecule has 0 atom stereocenters. The Kier molecular flexibility index (Phi) is 4.37. The van der Waals surface area contributed by atoms with Crippen LogP contribution in [0, 0.1) is 0 Å². The van der Waals surface area contributed by atoms with E-state index in [0.717, 1.165) is 32.6 Å². The first kappa shape index (κ1) is 13.1. The largest absolute Gasteiger partial charge is 0.369 e. The molecule has 0 unspecified atom stereocenters. The quantitative estimate of drug-likeness (QED) is 0.811. The zero-order valence-corrected chi connectivity index (χ0v) is 11.4. The summed E-state index contributed by atoms with van der Waals surface area (Å²) in [5.41, 5.74) is 2.55. The van der Waals surface area contributed by atoms with Crippen molar-refractivity contribution in [2.75, 3.05) is 38.1 Å². The van der Waals surface area contributed by atoms with Crippen LogP contribution in [0.15, 0.2) is 24.3 Å². The van der Waals surface area contributed by atoms with Gasteiger partial charge in [0.1, 0.15) is 5.78 Å². The smallest absolute Gasteiger partial charge is 0.130 e. The first-order valence-electron chi connectivity index (χ1n) is 6.67. The van der Waals surface area contributed by atoms with Gasteiger partial charge in [0.2, 0.25) is 0 Å². The van der Waals surface area contributed by atoms with Gasteiger partial charge in [-0.2, -0.15) is 0 Å². The van der Waals surface area contributed by atoms with Crippen molar-refractivity contribution in [3.63, 3.8) is 0 Å². The van der Waals surface area contributed by atoms with Crippen molar-refractivity contribution in [2.45, 2.75) is 19.8 Å². The van der Waals surface area contributed by atoms with E-state index in [-0.39, 0.29) is 5.78 Å². The number of benzene rings is 1. The van der Waals surface area contributed by atoms with Crippen LogP contribution in [0.1, 0.15) is 18.9 Å². The minimum atomic E-state index is 0.262. The highest BCUT2D eigenvalue weighted by molar-refractivity contribution is 5.75. The first-order valence-corrected chi connectivity index (χ1v) is 6.67. The summed E-state index contributed by atoms with van der Waals surface area (Å²) in [6, 6.07) is 8.66. The van der Waals surface area contributed by atoms with Crippen LogP contribution in [0.3, 0.4) is 0 Å². The topological polar surface area (TPSA) is 23.6 Å². The Morgan fingerprint density at radius 1 is 1.11 bits per heavy atom. The Bertz CT molecular complexity index is 391. The van der Waals surface area contributed by atoms with Crippen molar-refractivity contribution < 1.29 is 4.79 Å². The fraction of sp³-hybridized carbons (Fsp3) is 0.533. The molecule has 0 bridgehead atoms. The lowest BCUT2D eigenvalue weighted by Gasteiger charge is -2.34. The Hall–Kier alpha value is -1.35. The fourth-order valence-electron chi connectivity index (χ4n) is 2.26. The van der Waals surface area contributed by atoms with Gasteiger partial charge in [0.05, 0.1) is 0 Å². The van der Waals surface area contributed by atoms with E-state index in [1.54, 1.807) is 6.92 Å². The molecule has 1 heterocycles. The number of likely N-dealkylation sites (N-methyl/N-ethyl adjacent to an activating group) is 1. The zero-order valence-electron chi connectivity index (χ0n) is 11.4. The molecular formula is C15H22N2O. The molecule has 98 valence electrons.